The van der Waals surface area contributed by atoms with E-state index in [-0.39, 0.29) is 24.8 Å². The lowest BCUT2D eigenvalue weighted by molar-refractivity contribution is -0.233. The van der Waals surface area contributed by atoms with Gasteiger partial charge in [0.25, 0.3) is 0 Å². The molecule has 2 saturated carbocycles. The van der Waals surface area contributed by atoms with Crippen LogP contribution in [0, 0.1) is 16.7 Å². The molecule has 2 bridgehead atoms. The normalized spacial score (nSPS) is 31.9. The topological polar surface area (TPSA) is 146 Å². The first-order valence-corrected chi connectivity index (χ1v) is 16.9. The molecule has 0 amide bonds. The molecular weight excluding hydrogens is 640 g/mol. The summed E-state index contributed by atoms with van der Waals surface area (Å²) < 4.78 is 24.4. The minimum Gasteiger partial charge on any atom is -0.458 e. The van der Waals surface area contributed by atoms with Gasteiger partial charge >= 0.3 is 23.9 Å². The number of hydrogen-bond donors (Lipinski definition) is 2. The van der Waals surface area contributed by atoms with Crippen molar-refractivity contribution in [3.05, 3.63) is 101 Å². The predicted octanol–water partition coefficient (Wildman–Crippen LogP) is 5.53. The lowest BCUT2D eigenvalue weighted by Gasteiger charge is -2.62. The van der Waals surface area contributed by atoms with Crippen LogP contribution in [-0.4, -0.2) is 70.2 Å². The van der Waals surface area contributed by atoms with Crippen LogP contribution in [0.25, 0.3) is 6.08 Å². The molecule has 0 saturated heterocycles. The Morgan fingerprint density at radius 3 is 2.06 bits per heavy atom. The molecule has 2 fully saturated rings. The average Bonchev–Trinajstić information content (AvgIpc) is 3.06. The van der Waals surface area contributed by atoms with Crippen LogP contribution in [0.2, 0.25) is 0 Å². The van der Waals surface area contributed by atoms with E-state index >= 15 is 0 Å². The van der Waals surface area contributed by atoms with Crippen LogP contribution < -0.4 is 0 Å². The van der Waals surface area contributed by atoms with Gasteiger partial charge < -0.3 is 29.2 Å². The summed E-state index contributed by atoms with van der Waals surface area (Å²) in [6.07, 6.45) is -2.78. The molecule has 0 aromatic heterocycles. The van der Waals surface area contributed by atoms with Crippen LogP contribution in [0.4, 0.5) is 0 Å². The van der Waals surface area contributed by atoms with Crippen molar-refractivity contribution in [2.75, 3.05) is 0 Å². The first-order chi connectivity index (χ1) is 23.5. The number of fused-ring (bicyclic) bond motifs is 3. The van der Waals surface area contributed by atoms with Crippen molar-refractivity contribution in [3.63, 3.8) is 0 Å². The summed E-state index contributed by atoms with van der Waals surface area (Å²) in [6, 6.07) is 17.5. The van der Waals surface area contributed by atoms with Crippen LogP contribution in [0.1, 0.15) is 76.7 Å². The molecule has 50 heavy (non-hydrogen) atoms. The van der Waals surface area contributed by atoms with Gasteiger partial charge in [-0.15, -0.1) is 0 Å². The quantitative estimate of drug-likeness (QED) is 0.165. The summed E-state index contributed by atoms with van der Waals surface area (Å²) in [5.41, 5.74) is -2.36. The summed E-state index contributed by atoms with van der Waals surface area (Å²) >= 11 is 0. The van der Waals surface area contributed by atoms with Crippen molar-refractivity contribution in [3.8, 4) is 0 Å². The molecule has 0 spiro atoms. The number of aliphatic hydroxyl groups is 2. The highest BCUT2D eigenvalue weighted by Gasteiger charge is 2.69. The third-order valence-corrected chi connectivity index (χ3v) is 10.9. The highest BCUT2D eigenvalue weighted by atomic mass is 16.6. The zero-order valence-corrected chi connectivity index (χ0v) is 29.4. The Morgan fingerprint density at radius 1 is 0.860 bits per heavy atom. The number of benzene rings is 2. The van der Waals surface area contributed by atoms with Crippen LogP contribution in [0.15, 0.2) is 90.0 Å². The molecule has 3 aliphatic rings. The van der Waals surface area contributed by atoms with E-state index in [0.717, 1.165) is 5.56 Å². The Morgan fingerprint density at radius 2 is 1.46 bits per heavy atom. The molecule has 5 unspecified atom stereocenters. The van der Waals surface area contributed by atoms with Crippen molar-refractivity contribution < 1.29 is 48.3 Å². The molecule has 5 rings (SSSR count). The fraction of sp³-hybridized carbons (Fsp3) is 0.450. The molecule has 2 aromatic carbocycles. The Hall–Kier alpha value is -4.54. The first-order valence-electron chi connectivity index (χ1n) is 16.9. The minimum absolute atomic E-state index is 0.220. The smallest absolute Gasteiger partial charge is 0.338 e. The van der Waals surface area contributed by atoms with E-state index in [2.05, 4.69) is 6.58 Å². The second-order valence-corrected chi connectivity index (χ2v) is 14.4. The van der Waals surface area contributed by atoms with E-state index in [4.69, 9.17) is 18.9 Å². The van der Waals surface area contributed by atoms with Crippen LogP contribution in [-0.2, 0) is 33.3 Å². The van der Waals surface area contributed by atoms with Gasteiger partial charge in [0, 0.05) is 43.1 Å². The molecule has 2 aromatic rings. The molecule has 3 aliphatic carbocycles. The molecule has 8 atom stereocenters. The monoisotopic (exact) mass is 686 g/mol. The highest BCUT2D eigenvalue weighted by molar-refractivity contribution is 5.89. The van der Waals surface area contributed by atoms with Gasteiger partial charge in [0.2, 0.25) is 0 Å². The largest absolute Gasteiger partial charge is 0.458 e. The van der Waals surface area contributed by atoms with Crippen molar-refractivity contribution >= 4 is 30.0 Å². The summed E-state index contributed by atoms with van der Waals surface area (Å²) in [6.45, 7) is 13.8. The van der Waals surface area contributed by atoms with Crippen LogP contribution in [0.3, 0.4) is 0 Å². The average molecular weight is 687 g/mol. The lowest BCUT2D eigenvalue weighted by atomic mass is 9.47. The van der Waals surface area contributed by atoms with Crippen molar-refractivity contribution in [1.82, 2.24) is 0 Å². The fourth-order valence-electron chi connectivity index (χ4n) is 8.34. The fourth-order valence-corrected chi connectivity index (χ4v) is 8.34. The molecular formula is C40H46O10. The van der Waals surface area contributed by atoms with Crippen molar-refractivity contribution in [2.24, 2.45) is 16.7 Å². The maximum atomic E-state index is 13.9. The second-order valence-electron chi connectivity index (χ2n) is 14.4. The van der Waals surface area contributed by atoms with E-state index in [1.165, 1.54) is 19.9 Å². The standard InChI is InChI=1S/C40H46O10/c1-23-29(43)22-40(46)35(50-37(45)28-16-12-9-13-17-28)33-24(2)30(49-31(44)19-18-27-14-10-8-11-15-27)20-21-39(33,7)36(48-26(4)42)34(47-25(3)41)32(23)38(40,5)6/h8-19,29-30,33-36,43,46H,2,20-22H2,1,3-7H3/b19-18+/t29?,30?,33?,34-,35?,36?,39-,40-/m1/s1. The van der Waals surface area contributed by atoms with Crippen molar-refractivity contribution in [1.29, 1.82) is 0 Å². The number of esters is 4. The van der Waals surface area contributed by atoms with Gasteiger partial charge in [0.1, 0.15) is 23.9 Å². The predicted molar refractivity (Wildman–Crippen MR) is 184 cm³/mol. The number of carbonyl (C=O) groups excluding carboxylic acids is 4. The minimum atomic E-state index is -1.99. The Balaban J connectivity index is 1.70. The number of aliphatic hydroxyl groups excluding tert-OH is 1. The van der Waals surface area contributed by atoms with E-state index in [0.29, 0.717) is 16.7 Å². The summed E-state index contributed by atoms with van der Waals surface area (Å²) in [7, 11) is 0. The maximum Gasteiger partial charge on any atom is 0.338 e. The molecule has 10 nitrogen and oxygen atoms in total. The van der Waals surface area contributed by atoms with Gasteiger partial charge in [-0.25, -0.2) is 9.59 Å². The molecule has 0 heterocycles. The van der Waals surface area contributed by atoms with Crippen LogP contribution in [0.5, 0.6) is 0 Å². The number of rotatable bonds is 7. The van der Waals surface area contributed by atoms with E-state index in [9.17, 15) is 29.4 Å². The lowest BCUT2D eigenvalue weighted by Crippen LogP contribution is -2.71. The zero-order chi connectivity index (χ0) is 36.6. The van der Waals surface area contributed by atoms with Gasteiger partial charge in [-0.3, -0.25) is 9.59 Å². The third-order valence-electron chi connectivity index (χ3n) is 10.9. The molecule has 10 heteroatoms. The van der Waals surface area contributed by atoms with E-state index in [1.54, 1.807) is 57.2 Å². The van der Waals surface area contributed by atoms with Crippen molar-refractivity contribution in [2.45, 2.75) is 96.9 Å². The molecule has 0 radical (unpaired) electrons. The van der Waals surface area contributed by atoms with Gasteiger partial charge in [-0.05, 0) is 60.3 Å². The Kier molecular flexibility index (Phi) is 10.3. The summed E-state index contributed by atoms with van der Waals surface area (Å²) in [5.74, 6) is -3.71. The van der Waals surface area contributed by atoms with E-state index in [1.807, 2.05) is 37.3 Å². The SMILES string of the molecule is C=C1C(OC(=O)/C=C/c2ccccc2)CC[C@]2(C)C1C(OC(=O)c1ccccc1)[C@]1(O)CC(O)C(C)=C([C@@H](OC(C)=O)C2OC(C)=O)C1(C)C. The molecule has 0 aliphatic heterocycles. The first kappa shape index (κ1) is 36.7. The Bertz CT molecular complexity index is 1710. The van der Waals surface area contributed by atoms with E-state index < -0.39 is 76.7 Å². The zero-order valence-electron chi connectivity index (χ0n) is 29.4. The maximum absolute atomic E-state index is 13.9. The Labute approximate surface area is 292 Å². The summed E-state index contributed by atoms with van der Waals surface area (Å²) in [4.78, 5) is 52.7. The number of ether oxygens (including phenoxy) is 4. The number of carbonyl (C=O) groups is 4. The van der Waals surface area contributed by atoms with Gasteiger partial charge in [0.15, 0.2) is 6.10 Å². The van der Waals surface area contributed by atoms with Gasteiger partial charge in [0.05, 0.1) is 11.7 Å². The van der Waals surface area contributed by atoms with Crippen LogP contribution >= 0.6 is 0 Å². The molecule has 266 valence electrons. The molecule has 2 N–H and O–H groups in total. The third kappa shape index (κ3) is 6.66. The van der Waals surface area contributed by atoms with Gasteiger partial charge in [-0.2, -0.15) is 0 Å². The highest BCUT2D eigenvalue weighted by Crippen LogP contribution is 2.62. The van der Waals surface area contributed by atoms with Gasteiger partial charge in [-0.1, -0.05) is 75.9 Å². The number of hydrogen-bond acceptors (Lipinski definition) is 10. The summed E-state index contributed by atoms with van der Waals surface area (Å²) in [5, 5.41) is 24.6. The second kappa shape index (κ2) is 14.0.